The molecule has 4 heteroatoms. The van der Waals surface area contributed by atoms with Gasteiger partial charge in [-0.1, -0.05) is 18.2 Å². The van der Waals surface area contributed by atoms with E-state index in [1.54, 1.807) is 0 Å². The Morgan fingerprint density at radius 3 is 2.77 bits per heavy atom. The molecule has 4 aliphatic rings. The smallest absolute Gasteiger partial charge is 0.146 e. The molecule has 2 heterocycles. The molecule has 6 rings (SSSR count). The maximum atomic E-state index is 5.09. The van der Waals surface area contributed by atoms with E-state index < -0.39 is 0 Å². The Balaban J connectivity index is 1.53. The van der Waals surface area contributed by atoms with E-state index in [-0.39, 0.29) is 5.66 Å². The molecule has 0 unspecified atom stereocenters. The normalized spacial score (nSPS) is 33.2. The van der Waals surface area contributed by atoms with E-state index in [1.165, 1.54) is 32.1 Å². The van der Waals surface area contributed by atoms with Crippen molar-refractivity contribution in [3.05, 3.63) is 42.1 Å². The van der Waals surface area contributed by atoms with E-state index in [0.717, 1.165) is 28.2 Å². The summed E-state index contributed by atoms with van der Waals surface area (Å²) in [6.45, 7) is 0. The lowest BCUT2D eigenvalue weighted by molar-refractivity contribution is 0.0506. The first-order valence-corrected chi connectivity index (χ1v) is 8.31. The van der Waals surface area contributed by atoms with Gasteiger partial charge in [0.2, 0.25) is 0 Å². The van der Waals surface area contributed by atoms with E-state index in [2.05, 4.69) is 34.0 Å². The van der Waals surface area contributed by atoms with Crippen molar-refractivity contribution in [2.45, 2.75) is 37.8 Å². The van der Waals surface area contributed by atoms with Gasteiger partial charge in [0.25, 0.3) is 0 Å². The van der Waals surface area contributed by atoms with Crippen molar-refractivity contribution in [2.24, 2.45) is 16.8 Å². The van der Waals surface area contributed by atoms with Crippen LogP contribution in [-0.4, -0.2) is 16.5 Å². The van der Waals surface area contributed by atoms with Crippen LogP contribution in [0.5, 0.6) is 0 Å². The van der Waals surface area contributed by atoms with Crippen LogP contribution in [0.25, 0.3) is 10.9 Å². The van der Waals surface area contributed by atoms with Gasteiger partial charge in [0.15, 0.2) is 0 Å². The van der Waals surface area contributed by atoms with Crippen LogP contribution in [0.1, 0.15) is 37.7 Å². The Labute approximate surface area is 130 Å². The van der Waals surface area contributed by atoms with Crippen LogP contribution in [0.3, 0.4) is 0 Å². The number of hydrogen-bond donors (Lipinski definition) is 2. The van der Waals surface area contributed by atoms with Gasteiger partial charge in [-0.25, -0.2) is 10.4 Å². The minimum Gasteiger partial charge on any atom is -0.303 e. The van der Waals surface area contributed by atoms with Gasteiger partial charge in [-0.3, -0.25) is 4.98 Å². The van der Waals surface area contributed by atoms with Crippen LogP contribution in [0, 0.1) is 11.8 Å². The van der Waals surface area contributed by atoms with E-state index in [9.17, 15) is 0 Å². The predicted octanol–water partition coefficient (Wildman–Crippen LogP) is 3.00. The number of hydrogen-bond acceptors (Lipinski definition) is 4. The van der Waals surface area contributed by atoms with Gasteiger partial charge in [-0.2, -0.15) is 0 Å². The van der Waals surface area contributed by atoms with Gasteiger partial charge >= 0.3 is 0 Å². The maximum absolute atomic E-state index is 5.09. The van der Waals surface area contributed by atoms with Gasteiger partial charge in [0, 0.05) is 17.1 Å². The number of nitrogens with zero attached hydrogens (tertiary/aromatic N) is 2. The fourth-order valence-corrected chi connectivity index (χ4v) is 4.50. The second-order valence-electron chi connectivity index (χ2n) is 6.97. The number of benzene rings is 1. The number of aliphatic imine (C=N–C) groups is 1. The summed E-state index contributed by atoms with van der Waals surface area (Å²) in [4.78, 5) is 9.65. The minimum absolute atomic E-state index is 0.0673. The summed E-state index contributed by atoms with van der Waals surface area (Å²) in [7, 11) is 0. The zero-order valence-corrected chi connectivity index (χ0v) is 12.5. The summed E-state index contributed by atoms with van der Waals surface area (Å²) < 4.78 is 0. The van der Waals surface area contributed by atoms with Crippen molar-refractivity contribution in [1.82, 2.24) is 15.8 Å². The number of pyridine rings is 1. The van der Waals surface area contributed by atoms with Gasteiger partial charge in [0.1, 0.15) is 11.5 Å². The molecular formula is C18H20N4. The molecule has 3 fully saturated rings. The Bertz CT molecular complexity index is 761. The molecule has 2 aromatic rings. The Morgan fingerprint density at radius 1 is 1.09 bits per heavy atom. The molecule has 4 nitrogen and oxygen atoms in total. The van der Waals surface area contributed by atoms with Crippen LogP contribution in [-0.2, 0) is 0 Å². The van der Waals surface area contributed by atoms with Crippen molar-refractivity contribution in [2.75, 3.05) is 0 Å². The first-order chi connectivity index (χ1) is 10.8. The molecule has 1 spiro atoms. The topological polar surface area (TPSA) is 49.3 Å². The summed E-state index contributed by atoms with van der Waals surface area (Å²) in [6, 6.07) is 10.4. The maximum Gasteiger partial charge on any atom is 0.146 e. The molecule has 22 heavy (non-hydrogen) atoms. The first kappa shape index (κ1) is 12.6. The van der Waals surface area contributed by atoms with Crippen LogP contribution in [0.4, 0.5) is 0 Å². The molecule has 2 N–H and O–H groups in total. The van der Waals surface area contributed by atoms with Gasteiger partial charge in [-0.05, 0) is 56.1 Å². The number of para-hydroxylation sites is 1. The molecule has 0 saturated heterocycles. The molecule has 3 saturated carbocycles. The first-order valence-electron chi connectivity index (χ1n) is 8.31. The van der Waals surface area contributed by atoms with Crippen molar-refractivity contribution in [3.63, 3.8) is 0 Å². The van der Waals surface area contributed by atoms with Crippen molar-refractivity contribution < 1.29 is 0 Å². The predicted molar refractivity (Wildman–Crippen MR) is 87.3 cm³/mol. The van der Waals surface area contributed by atoms with Gasteiger partial charge in [0.05, 0.1) is 5.52 Å². The van der Waals surface area contributed by atoms with Gasteiger partial charge in [-0.15, -0.1) is 0 Å². The summed E-state index contributed by atoms with van der Waals surface area (Å²) >= 11 is 0. The molecule has 0 radical (unpaired) electrons. The largest absolute Gasteiger partial charge is 0.303 e. The SMILES string of the molecule is c1ccc2ncc(C3=N[C@]4(CC5CCC4CC5)NN3)cc2c1. The molecule has 1 atom stereocenters. The highest BCUT2D eigenvalue weighted by molar-refractivity contribution is 6.01. The van der Waals surface area contributed by atoms with E-state index in [0.29, 0.717) is 5.92 Å². The lowest BCUT2D eigenvalue weighted by Gasteiger charge is -2.47. The monoisotopic (exact) mass is 292 g/mol. The minimum atomic E-state index is -0.0673. The quantitative estimate of drug-likeness (QED) is 0.849. The molecular weight excluding hydrogens is 272 g/mol. The number of fused-ring (bicyclic) bond motifs is 3. The third-order valence-electron chi connectivity index (χ3n) is 5.69. The number of hydrazine groups is 1. The molecule has 3 aliphatic carbocycles. The number of nitrogens with one attached hydrogen (secondary N) is 2. The highest BCUT2D eigenvalue weighted by Gasteiger charge is 2.49. The van der Waals surface area contributed by atoms with Crippen molar-refractivity contribution >= 4 is 16.7 Å². The number of amidine groups is 1. The molecule has 112 valence electrons. The average Bonchev–Trinajstić information content (AvgIpc) is 2.99. The van der Waals surface area contributed by atoms with Crippen LogP contribution in [0.2, 0.25) is 0 Å². The second kappa shape index (κ2) is 4.53. The van der Waals surface area contributed by atoms with Gasteiger partial charge < -0.3 is 5.43 Å². The number of aromatic nitrogens is 1. The second-order valence-corrected chi connectivity index (χ2v) is 6.97. The average molecular weight is 292 g/mol. The van der Waals surface area contributed by atoms with Crippen LogP contribution < -0.4 is 10.9 Å². The third kappa shape index (κ3) is 1.80. The standard InChI is InChI=1S/C18H20N4/c1-2-4-16-13(3-1)9-14(11-19-16)17-20-18(22-21-17)10-12-5-7-15(18)8-6-12/h1-4,9,11-12,15,22H,5-8,10H2,(H,20,21)/t12?,15?,18-/m1/s1. The molecule has 1 aliphatic heterocycles. The lowest BCUT2D eigenvalue weighted by atomic mass is 9.65. The molecule has 2 bridgehead atoms. The highest BCUT2D eigenvalue weighted by atomic mass is 15.5. The summed E-state index contributed by atoms with van der Waals surface area (Å²) in [5.74, 6) is 2.47. The zero-order chi connectivity index (χ0) is 14.6. The molecule has 1 aromatic heterocycles. The summed E-state index contributed by atoms with van der Waals surface area (Å²) in [5.41, 5.74) is 8.90. The Kier molecular flexibility index (Phi) is 2.59. The Morgan fingerprint density at radius 2 is 1.95 bits per heavy atom. The highest BCUT2D eigenvalue weighted by Crippen LogP contribution is 2.48. The van der Waals surface area contributed by atoms with E-state index in [4.69, 9.17) is 4.99 Å². The third-order valence-corrected chi connectivity index (χ3v) is 5.69. The molecule has 0 amide bonds. The molecule has 1 aromatic carbocycles. The fourth-order valence-electron chi connectivity index (χ4n) is 4.50. The van der Waals surface area contributed by atoms with Crippen LogP contribution in [0.15, 0.2) is 41.5 Å². The zero-order valence-electron chi connectivity index (χ0n) is 12.5. The summed E-state index contributed by atoms with van der Waals surface area (Å²) in [6.07, 6.45) is 8.50. The fraction of sp³-hybridized carbons (Fsp3) is 0.444. The van der Waals surface area contributed by atoms with Crippen molar-refractivity contribution in [3.8, 4) is 0 Å². The van der Waals surface area contributed by atoms with E-state index >= 15 is 0 Å². The van der Waals surface area contributed by atoms with Crippen molar-refractivity contribution in [1.29, 1.82) is 0 Å². The lowest BCUT2D eigenvalue weighted by Crippen LogP contribution is -2.56. The van der Waals surface area contributed by atoms with E-state index in [1.807, 2.05) is 18.3 Å². The van der Waals surface area contributed by atoms with Crippen LogP contribution >= 0.6 is 0 Å². The Hall–Kier alpha value is -1.94. The summed E-state index contributed by atoms with van der Waals surface area (Å²) in [5, 5.41) is 1.16. The number of rotatable bonds is 1.